The van der Waals surface area contributed by atoms with Crippen molar-refractivity contribution < 1.29 is 0 Å². The lowest BCUT2D eigenvalue weighted by Gasteiger charge is -2.33. The van der Waals surface area contributed by atoms with Gasteiger partial charge in [0.15, 0.2) is 0 Å². The van der Waals surface area contributed by atoms with Gasteiger partial charge in [0, 0.05) is 23.2 Å². The quantitative estimate of drug-likeness (QED) is 0.251. The predicted octanol–water partition coefficient (Wildman–Crippen LogP) is 8.29. The molecule has 6 rings (SSSR count). The lowest BCUT2D eigenvalue weighted by molar-refractivity contribution is 0.205. The van der Waals surface area contributed by atoms with Crippen molar-refractivity contribution in [1.82, 2.24) is 9.47 Å². The van der Waals surface area contributed by atoms with Crippen molar-refractivity contribution in [2.45, 2.75) is 39.2 Å². The number of fused-ring (bicyclic) bond motifs is 1. The van der Waals surface area contributed by atoms with Crippen molar-refractivity contribution in [3.63, 3.8) is 0 Å². The first-order chi connectivity index (χ1) is 17.7. The lowest BCUT2D eigenvalue weighted by atomic mass is 9.84. The van der Waals surface area contributed by atoms with Crippen molar-refractivity contribution in [2.24, 2.45) is 0 Å². The molecule has 2 heteroatoms. The number of hydrogen-bond acceptors (Lipinski definition) is 1. The Morgan fingerprint density at radius 2 is 1.28 bits per heavy atom. The summed E-state index contributed by atoms with van der Waals surface area (Å²) in [6, 6.07) is 37.4. The van der Waals surface area contributed by atoms with Crippen molar-refractivity contribution in [3.05, 3.63) is 125 Å². The molecule has 180 valence electrons. The van der Waals surface area contributed by atoms with Gasteiger partial charge in [0.25, 0.3) is 0 Å². The zero-order valence-electron chi connectivity index (χ0n) is 21.3. The standard InChI is InChI=1S/C34H34N2/c1-25-12-11-13-26(2)33(25)27-20-22-35(23-21-27)24-31-30-18-9-10-19-32(30)36(29-16-7-4-8-17-29)34(31)28-14-5-3-6-15-28/h3-19,27H,20-24H2,1-2H3. The van der Waals surface area contributed by atoms with Gasteiger partial charge in [-0.2, -0.15) is 0 Å². The highest BCUT2D eigenvalue weighted by Crippen LogP contribution is 2.39. The van der Waals surface area contributed by atoms with E-state index >= 15 is 0 Å². The number of para-hydroxylation sites is 2. The van der Waals surface area contributed by atoms with Gasteiger partial charge in [-0.1, -0.05) is 84.9 Å². The monoisotopic (exact) mass is 470 g/mol. The third-order valence-electron chi connectivity index (χ3n) is 7.96. The number of rotatable bonds is 5. The van der Waals surface area contributed by atoms with Crippen LogP contribution in [0.15, 0.2) is 103 Å². The van der Waals surface area contributed by atoms with E-state index in [0.29, 0.717) is 5.92 Å². The third kappa shape index (κ3) is 4.16. The summed E-state index contributed by atoms with van der Waals surface area (Å²) in [7, 11) is 0. The maximum Gasteiger partial charge on any atom is 0.0586 e. The van der Waals surface area contributed by atoms with Crippen LogP contribution in [0.25, 0.3) is 27.8 Å². The van der Waals surface area contributed by atoms with Gasteiger partial charge < -0.3 is 4.57 Å². The molecule has 1 fully saturated rings. The van der Waals surface area contributed by atoms with Gasteiger partial charge in [-0.15, -0.1) is 0 Å². The number of aromatic nitrogens is 1. The van der Waals surface area contributed by atoms with Gasteiger partial charge >= 0.3 is 0 Å². The summed E-state index contributed by atoms with van der Waals surface area (Å²) in [4.78, 5) is 2.67. The zero-order chi connectivity index (χ0) is 24.5. The Labute approximate surface area is 214 Å². The van der Waals surface area contributed by atoms with E-state index in [9.17, 15) is 0 Å². The van der Waals surface area contributed by atoms with Crippen molar-refractivity contribution in [2.75, 3.05) is 13.1 Å². The highest BCUT2D eigenvalue weighted by Gasteiger charge is 2.26. The maximum atomic E-state index is 2.67. The molecule has 2 nitrogen and oxygen atoms in total. The average molecular weight is 471 g/mol. The van der Waals surface area contributed by atoms with E-state index in [4.69, 9.17) is 0 Å². The highest BCUT2D eigenvalue weighted by molar-refractivity contribution is 5.93. The number of benzene rings is 4. The molecule has 5 aromatic rings. The molecule has 4 aromatic carbocycles. The van der Waals surface area contributed by atoms with Crippen LogP contribution in [0.1, 0.15) is 41.0 Å². The predicted molar refractivity (Wildman–Crippen MR) is 152 cm³/mol. The Morgan fingerprint density at radius 1 is 0.667 bits per heavy atom. The van der Waals surface area contributed by atoms with Gasteiger partial charge in [0.1, 0.15) is 0 Å². The minimum absolute atomic E-state index is 0.668. The molecule has 0 saturated carbocycles. The fourth-order valence-corrected chi connectivity index (χ4v) is 6.29. The second-order valence-electron chi connectivity index (χ2n) is 10.2. The van der Waals surface area contributed by atoms with Crippen molar-refractivity contribution >= 4 is 10.9 Å². The topological polar surface area (TPSA) is 8.17 Å². The lowest BCUT2D eigenvalue weighted by Crippen LogP contribution is -2.33. The van der Waals surface area contributed by atoms with E-state index in [2.05, 4.69) is 126 Å². The molecular formula is C34H34N2. The van der Waals surface area contributed by atoms with Gasteiger partial charge in [-0.25, -0.2) is 0 Å². The van der Waals surface area contributed by atoms with E-state index < -0.39 is 0 Å². The van der Waals surface area contributed by atoms with Gasteiger partial charge in [-0.3, -0.25) is 4.90 Å². The third-order valence-corrected chi connectivity index (χ3v) is 7.96. The molecular weight excluding hydrogens is 436 g/mol. The van der Waals surface area contributed by atoms with E-state index in [1.165, 1.54) is 57.4 Å². The Kier molecular flexibility index (Phi) is 6.21. The summed E-state index contributed by atoms with van der Waals surface area (Å²) in [6.45, 7) is 7.80. The van der Waals surface area contributed by atoms with Crippen LogP contribution in [-0.4, -0.2) is 22.6 Å². The Balaban J connectivity index is 1.39. The van der Waals surface area contributed by atoms with Crippen LogP contribution in [0.4, 0.5) is 0 Å². The van der Waals surface area contributed by atoms with E-state index in [1.54, 1.807) is 5.56 Å². The van der Waals surface area contributed by atoms with Crippen LogP contribution in [0.3, 0.4) is 0 Å². The number of piperidine rings is 1. The number of hydrogen-bond donors (Lipinski definition) is 0. The van der Waals surface area contributed by atoms with Crippen molar-refractivity contribution in [1.29, 1.82) is 0 Å². The summed E-state index contributed by atoms with van der Waals surface area (Å²) in [6.07, 6.45) is 2.45. The highest BCUT2D eigenvalue weighted by atomic mass is 15.1. The Bertz CT molecular complexity index is 1450. The molecule has 0 amide bonds. The minimum atomic E-state index is 0.668. The van der Waals surface area contributed by atoms with Gasteiger partial charge in [0.05, 0.1) is 11.2 Å². The van der Waals surface area contributed by atoms with Gasteiger partial charge in [0.2, 0.25) is 0 Å². The summed E-state index contributed by atoms with van der Waals surface area (Å²) in [5, 5.41) is 1.36. The number of aryl methyl sites for hydroxylation is 2. The second-order valence-corrected chi connectivity index (χ2v) is 10.2. The first kappa shape index (κ1) is 22.8. The normalized spacial score (nSPS) is 14.9. The molecule has 0 unspecified atom stereocenters. The van der Waals surface area contributed by atoms with Crippen LogP contribution < -0.4 is 0 Å². The maximum absolute atomic E-state index is 2.67. The SMILES string of the molecule is Cc1cccc(C)c1C1CCN(Cc2c(-c3ccccc3)n(-c3ccccc3)c3ccccc23)CC1. The molecule has 1 aromatic heterocycles. The number of likely N-dealkylation sites (tertiary alicyclic amines) is 1. The van der Waals surface area contributed by atoms with E-state index in [0.717, 1.165) is 19.6 Å². The molecule has 0 aliphatic carbocycles. The molecule has 0 N–H and O–H groups in total. The first-order valence-electron chi connectivity index (χ1n) is 13.2. The van der Waals surface area contributed by atoms with E-state index in [-0.39, 0.29) is 0 Å². The summed E-state index contributed by atoms with van der Waals surface area (Å²) < 4.78 is 2.46. The molecule has 1 aliphatic rings. The minimum Gasteiger partial charge on any atom is -0.309 e. The fourth-order valence-electron chi connectivity index (χ4n) is 6.29. The fraction of sp³-hybridized carbons (Fsp3) is 0.235. The molecule has 1 saturated heterocycles. The smallest absolute Gasteiger partial charge is 0.0586 e. The Hall–Kier alpha value is -3.62. The van der Waals surface area contributed by atoms with Crippen LogP contribution in [0.5, 0.6) is 0 Å². The van der Waals surface area contributed by atoms with E-state index in [1.807, 2.05) is 0 Å². The molecule has 36 heavy (non-hydrogen) atoms. The second kappa shape index (κ2) is 9.79. The largest absolute Gasteiger partial charge is 0.309 e. The van der Waals surface area contributed by atoms with Crippen LogP contribution in [-0.2, 0) is 6.54 Å². The van der Waals surface area contributed by atoms with Crippen LogP contribution in [0.2, 0.25) is 0 Å². The van der Waals surface area contributed by atoms with Crippen molar-refractivity contribution in [3.8, 4) is 16.9 Å². The molecule has 0 radical (unpaired) electrons. The van der Waals surface area contributed by atoms with Crippen LogP contribution in [0, 0.1) is 13.8 Å². The molecule has 2 heterocycles. The number of nitrogens with zero attached hydrogens (tertiary/aromatic N) is 2. The molecule has 0 atom stereocenters. The molecule has 0 spiro atoms. The first-order valence-corrected chi connectivity index (χ1v) is 13.2. The summed E-state index contributed by atoms with van der Waals surface area (Å²) in [5.74, 6) is 0.668. The van der Waals surface area contributed by atoms with Crippen LogP contribution >= 0.6 is 0 Å². The molecule has 0 bridgehead atoms. The summed E-state index contributed by atoms with van der Waals surface area (Å²) >= 11 is 0. The molecule has 1 aliphatic heterocycles. The zero-order valence-corrected chi connectivity index (χ0v) is 21.3. The average Bonchev–Trinajstić information content (AvgIpc) is 3.24. The van der Waals surface area contributed by atoms with Gasteiger partial charge in [-0.05, 0) is 86.1 Å². The summed E-state index contributed by atoms with van der Waals surface area (Å²) in [5.41, 5.74) is 11.0. The Morgan fingerprint density at radius 3 is 1.97 bits per heavy atom.